The summed E-state index contributed by atoms with van der Waals surface area (Å²) in [7, 11) is 0. The quantitative estimate of drug-likeness (QED) is 0.413. The van der Waals surface area contributed by atoms with Crippen molar-refractivity contribution in [3.05, 3.63) is 12.1 Å². The van der Waals surface area contributed by atoms with Gasteiger partial charge >= 0.3 is 5.97 Å². The van der Waals surface area contributed by atoms with Gasteiger partial charge in [0.2, 0.25) is 17.7 Å². The summed E-state index contributed by atoms with van der Waals surface area (Å²) < 4.78 is 12.0. The van der Waals surface area contributed by atoms with Gasteiger partial charge in [0.25, 0.3) is 0 Å². The Kier molecular flexibility index (Phi) is 9.69. The molecule has 0 aromatic carbocycles. The number of rotatable bonds is 13. The Hall–Kier alpha value is -2.70. The predicted octanol–water partition coefficient (Wildman–Crippen LogP) is 1.75. The van der Waals surface area contributed by atoms with Crippen LogP contribution in [-0.4, -0.2) is 57.8 Å². The first-order valence-corrected chi connectivity index (χ1v) is 9.75. The molecule has 0 fully saturated rings. The Morgan fingerprint density at radius 1 is 1.07 bits per heavy atom. The van der Waals surface area contributed by atoms with Gasteiger partial charge in [0.05, 0.1) is 24.2 Å². The van der Waals surface area contributed by atoms with Crippen molar-refractivity contribution in [2.45, 2.75) is 64.6 Å². The lowest BCUT2D eigenvalue weighted by Gasteiger charge is -2.29. The molecule has 9 nitrogen and oxygen atoms in total. The first-order chi connectivity index (χ1) is 14.0. The van der Waals surface area contributed by atoms with E-state index in [9.17, 15) is 19.8 Å². The third-order valence-corrected chi connectivity index (χ3v) is 4.34. The van der Waals surface area contributed by atoms with Gasteiger partial charge in [-0.25, -0.2) is 4.79 Å². The largest absolute Gasteiger partial charge is 0.492 e. The van der Waals surface area contributed by atoms with Crippen molar-refractivity contribution >= 4 is 11.9 Å². The van der Waals surface area contributed by atoms with E-state index in [1.165, 1.54) is 12.1 Å². The van der Waals surface area contributed by atoms with Crippen molar-refractivity contribution in [2.75, 3.05) is 19.8 Å². The minimum Gasteiger partial charge on any atom is -0.492 e. The highest BCUT2D eigenvalue weighted by atomic mass is 16.7. The standard InChI is InChI=1S/C21H32N2O7/c1-6-14-28-21(4,5)12-15-29-20(2,3)11-13-22-16(24)7-10-19(27)30-23-17(25)8-9-18(23)26/h1,8-9,25-26H,7,10-15H2,2-5H3,(H,22,24). The number of terminal acetylenes is 1. The van der Waals surface area contributed by atoms with Crippen molar-refractivity contribution < 1.29 is 34.1 Å². The number of aromatic hydroxyl groups is 2. The molecule has 9 heteroatoms. The second kappa shape index (κ2) is 11.5. The number of hydrogen-bond acceptors (Lipinski definition) is 7. The number of ether oxygens (including phenoxy) is 2. The topological polar surface area (TPSA) is 119 Å². The molecule has 1 rings (SSSR count). The van der Waals surface area contributed by atoms with E-state index in [4.69, 9.17) is 20.7 Å². The maximum Gasteiger partial charge on any atom is 0.333 e. The van der Waals surface area contributed by atoms with Crippen LogP contribution in [0.5, 0.6) is 11.8 Å². The average Bonchev–Trinajstić information content (AvgIpc) is 2.96. The van der Waals surface area contributed by atoms with Crippen LogP contribution in [0, 0.1) is 12.3 Å². The van der Waals surface area contributed by atoms with Crippen LogP contribution in [0.15, 0.2) is 12.1 Å². The molecule has 0 aliphatic carbocycles. The molecular formula is C21H32N2O7. The van der Waals surface area contributed by atoms with Crippen molar-refractivity contribution in [1.29, 1.82) is 0 Å². The van der Waals surface area contributed by atoms with E-state index in [0.29, 0.717) is 30.7 Å². The fourth-order valence-electron chi connectivity index (χ4n) is 2.40. The van der Waals surface area contributed by atoms with Gasteiger partial charge in [0.15, 0.2) is 0 Å². The SMILES string of the molecule is C#CCOC(C)(C)CCOC(C)(C)CCNC(=O)CCC(=O)On1c(O)ccc1O. The van der Waals surface area contributed by atoms with Gasteiger partial charge in [0, 0.05) is 25.1 Å². The van der Waals surface area contributed by atoms with Crippen molar-refractivity contribution in [1.82, 2.24) is 10.0 Å². The molecular weight excluding hydrogens is 392 g/mol. The Balaban J connectivity index is 2.24. The van der Waals surface area contributed by atoms with Crippen LogP contribution in [0.3, 0.4) is 0 Å². The van der Waals surface area contributed by atoms with Gasteiger partial charge in [-0.05, 0) is 40.5 Å². The van der Waals surface area contributed by atoms with E-state index in [0.717, 1.165) is 0 Å². The molecule has 0 radical (unpaired) electrons. The number of carbonyl (C=O) groups excluding carboxylic acids is 2. The molecule has 0 saturated carbocycles. The molecule has 168 valence electrons. The summed E-state index contributed by atoms with van der Waals surface area (Å²) in [5.74, 6) is 0.539. The molecule has 0 aliphatic heterocycles. The van der Waals surface area contributed by atoms with Crippen LogP contribution in [0.4, 0.5) is 0 Å². The zero-order valence-electron chi connectivity index (χ0n) is 18.1. The molecule has 1 amide bonds. The molecule has 0 saturated heterocycles. The number of nitrogens with one attached hydrogen (secondary N) is 1. The number of carbonyl (C=O) groups is 2. The molecule has 1 aromatic rings. The minimum atomic E-state index is -0.759. The van der Waals surface area contributed by atoms with Gasteiger partial charge in [-0.1, -0.05) is 5.92 Å². The van der Waals surface area contributed by atoms with E-state index < -0.39 is 23.3 Å². The maximum atomic E-state index is 11.9. The highest BCUT2D eigenvalue weighted by Crippen LogP contribution is 2.20. The lowest BCUT2D eigenvalue weighted by molar-refractivity contribution is -0.146. The summed E-state index contributed by atoms with van der Waals surface area (Å²) in [6.07, 6.45) is 6.19. The number of nitrogens with zero attached hydrogens (tertiary/aromatic N) is 1. The Labute approximate surface area is 177 Å². The fraction of sp³-hybridized carbons (Fsp3) is 0.619. The summed E-state index contributed by atoms with van der Waals surface area (Å²) in [6, 6.07) is 2.34. The molecule has 0 unspecified atom stereocenters. The van der Waals surface area contributed by atoms with Crippen LogP contribution in [0.2, 0.25) is 0 Å². The molecule has 0 atom stereocenters. The zero-order chi connectivity index (χ0) is 22.8. The van der Waals surface area contributed by atoms with E-state index in [-0.39, 0.29) is 31.0 Å². The molecule has 0 bridgehead atoms. The smallest absolute Gasteiger partial charge is 0.333 e. The van der Waals surface area contributed by atoms with Crippen LogP contribution < -0.4 is 10.2 Å². The lowest BCUT2D eigenvalue weighted by atomic mass is 10.0. The van der Waals surface area contributed by atoms with E-state index in [1.807, 2.05) is 27.7 Å². The first kappa shape index (κ1) is 25.3. The van der Waals surface area contributed by atoms with Crippen LogP contribution in [0.1, 0.15) is 53.4 Å². The molecule has 1 aromatic heterocycles. The summed E-state index contributed by atoms with van der Waals surface area (Å²) in [5.41, 5.74) is -0.822. The Bertz CT molecular complexity index is 728. The van der Waals surface area contributed by atoms with Gasteiger partial charge in [-0.15, -0.1) is 11.2 Å². The van der Waals surface area contributed by atoms with Gasteiger partial charge in [-0.2, -0.15) is 0 Å². The van der Waals surface area contributed by atoms with Gasteiger partial charge in [0.1, 0.15) is 6.61 Å². The normalized spacial score (nSPS) is 11.7. The summed E-state index contributed by atoms with van der Waals surface area (Å²) in [5, 5.41) is 21.6. The number of aromatic nitrogens is 1. The van der Waals surface area contributed by atoms with Crippen molar-refractivity contribution in [2.24, 2.45) is 0 Å². The average molecular weight is 424 g/mol. The molecule has 30 heavy (non-hydrogen) atoms. The third kappa shape index (κ3) is 9.67. The molecule has 0 aliphatic rings. The highest BCUT2D eigenvalue weighted by Gasteiger charge is 2.23. The summed E-state index contributed by atoms with van der Waals surface area (Å²) >= 11 is 0. The highest BCUT2D eigenvalue weighted by molar-refractivity contribution is 5.81. The Morgan fingerprint density at radius 3 is 2.27 bits per heavy atom. The van der Waals surface area contributed by atoms with Crippen LogP contribution >= 0.6 is 0 Å². The maximum absolute atomic E-state index is 11.9. The number of hydrogen-bond donors (Lipinski definition) is 3. The van der Waals surface area contributed by atoms with E-state index in [1.54, 1.807) is 0 Å². The Morgan fingerprint density at radius 2 is 1.67 bits per heavy atom. The van der Waals surface area contributed by atoms with Crippen molar-refractivity contribution in [3.8, 4) is 24.1 Å². The monoisotopic (exact) mass is 424 g/mol. The van der Waals surface area contributed by atoms with Crippen LogP contribution in [-0.2, 0) is 19.1 Å². The van der Waals surface area contributed by atoms with E-state index >= 15 is 0 Å². The van der Waals surface area contributed by atoms with Crippen LogP contribution in [0.25, 0.3) is 0 Å². The second-order valence-corrected chi connectivity index (χ2v) is 8.02. The number of amides is 1. The minimum absolute atomic E-state index is 0.0797. The van der Waals surface area contributed by atoms with Gasteiger partial charge < -0.3 is 29.8 Å². The molecule has 3 N–H and O–H groups in total. The third-order valence-electron chi connectivity index (χ3n) is 4.34. The van der Waals surface area contributed by atoms with E-state index in [2.05, 4.69) is 11.2 Å². The lowest BCUT2D eigenvalue weighted by Crippen LogP contribution is -2.35. The zero-order valence-corrected chi connectivity index (χ0v) is 18.1. The summed E-state index contributed by atoms with van der Waals surface area (Å²) in [4.78, 5) is 28.4. The predicted molar refractivity (Wildman–Crippen MR) is 110 cm³/mol. The second-order valence-electron chi connectivity index (χ2n) is 8.02. The summed E-state index contributed by atoms with van der Waals surface area (Å²) in [6.45, 7) is 8.89. The fourth-order valence-corrected chi connectivity index (χ4v) is 2.40. The molecule has 1 heterocycles. The van der Waals surface area contributed by atoms with Gasteiger partial charge in [-0.3, -0.25) is 4.79 Å². The van der Waals surface area contributed by atoms with Crippen molar-refractivity contribution in [3.63, 3.8) is 0 Å². The first-order valence-electron chi connectivity index (χ1n) is 9.75. The molecule has 0 spiro atoms.